The van der Waals surface area contributed by atoms with Crippen LogP contribution in [0.25, 0.3) is 0 Å². The Morgan fingerprint density at radius 3 is 2.49 bits per heavy atom. The minimum absolute atomic E-state index is 0.0141. The van der Waals surface area contributed by atoms with Gasteiger partial charge in [0.05, 0.1) is 12.6 Å². The second-order valence-electron chi connectivity index (χ2n) is 10.3. The highest BCUT2D eigenvalue weighted by Crippen LogP contribution is 2.37. The molecule has 2 aliphatic heterocycles. The van der Waals surface area contributed by atoms with Crippen molar-refractivity contribution in [2.75, 3.05) is 32.7 Å². The van der Waals surface area contributed by atoms with Gasteiger partial charge >= 0.3 is 0 Å². The Kier molecular flexibility index (Phi) is 8.06. The lowest BCUT2D eigenvalue weighted by atomic mass is 9.93. The molecule has 1 aromatic heterocycles. The molecule has 3 aromatic rings. The van der Waals surface area contributed by atoms with Crippen molar-refractivity contribution in [1.29, 1.82) is 0 Å². The van der Waals surface area contributed by atoms with E-state index in [-0.39, 0.29) is 23.9 Å². The third kappa shape index (κ3) is 5.65. The van der Waals surface area contributed by atoms with Crippen molar-refractivity contribution in [1.82, 2.24) is 14.7 Å². The number of fused-ring (bicyclic) bond motifs is 1. The predicted molar refractivity (Wildman–Crippen MR) is 150 cm³/mol. The van der Waals surface area contributed by atoms with E-state index in [1.807, 2.05) is 39.3 Å². The first-order chi connectivity index (χ1) is 18.0. The Bertz CT molecular complexity index is 1210. The molecular weight excluding hydrogens is 478 g/mol. The van der Waals surface area contributed by atoms with Gasteiger partial charge in [-0.2, -0.15) is 0 Å². The topological polar surface area (TPSA) is 43.9 Å². The van der Waals surface area contributed by atoms with Gasteiger partial charge in [-0.3, -0.25) is 14.5 Å². The van der Waals surface area contributed by atoms with Crippen molar-refractivity contribution >= 4 is 23.2 Å². The maximum Gasteiger partial charge on any atom is 0.254 e. The zero-order chi connectivity index (χ0) is 25.8. The number of thiophene rings is 1. The first-order valence-corrected chi connectivity index (χ1v) is 14.5. The molecule has 2 amide bonds. The first kappa shape index (κ1) is 25.7. The average Bonchev–Trinajstić information content (AvgIpc) is 3.41. The number of amides is 2. The molecule has 0 spiro atoms. The normalized spacial score (nSPS) is 20.1. The number of unbranched alkanes of at least 4 members (excludes halogenated alkanes) is 1. The molecule has 37 heavy (non-hydrogen) atoms. The van der Waals surface area contributed by atoms with Gasteiger partial charge in [0.2, 0.25) is 5.91 Å². The molecular formula is C31H37N3O2S. The average molecular weight is 516 g/mol. The molecule has 0 N–H and O–H groups in total. The van der Waals surface area contributed by atoms with Gasteiger partial charge in [0.15, 0.2) is 0 Å². The van der Waals surface area contributed by atoms with Crippen molar-refractivity contribution in [3.63, 3.8) is 0 Å². The van der Waals surface area contributed by atoms with Crippen LogP contribution in [0.4, 0.5) is 0 Å². The number of aryl methyl sites for hydroxylation is 1. The molecule has 194 valence electrons. The van der Waals surface area contributed by atoms with Crippen LogP contribution < -0.4 is 0 Å². The zero-order valence-electron chi connectivity index (χ0n) is 21.9. The number of hydrogen-bond donors (Lipinski definition) is 0. The van der Waals surface area contributed by atoms with Crippen LogP contribution in [0.2, 0.25) is 0 Å². The zero-order valence-corrected chi connectivity index (χ0v) is 22.8. The minimum atomic E-state index is -0.0141. The second-order valence-corrected chi connectivity index (χ2v) is 11.3. The number of piperazine rings is 1. The highest BCUT2D eigenvalue weighted by Gasteiger charge is 2.34. The summed E-state index contributed by atoms with van der Waals surface area (Å²) in [5.74, 6) is 0.214. The van der Waals surface area contributed by atoms with Gasteiger partial charge in [0.25, 0.3) is 5.91 Å². The summed E-state index contributed by atoms with van der Waals surface area (Å²) in [6.45, 7) is 7.25. The molecule has 5 nitrogen and oxygen atoms in total. The predicted octanol–water partition coefficient (Wildman–Crippen LogP) is 5.41. The fraction of sp³-hybridized carbons (Fsp3) is 0.419. The van der Waals surface area contributed by atoms with Crippen molar-refractivity contribution in [3.05, 3.63) is 93.2 Å². The Morgan fingerprint density at radius 2 is 1.76 bits per heavy atom. The molecule has 1 fully saturated rings. The lowest BCUT2D eigenvalue weighted by Gasteiger charge is -2.42. The van der Waals surface area contributed by atoms with Crippen LogP contribution in [-0.2, 0) is 17.6 Å². The van der Waals surface area contributed by atoms with E-state index in [0.717, 1.165) is 31.4 Å². The number of rotatable bonds is 7. The molecule has 1 saturated heterocycles. The fourth-order valence-corrected chi connectivity index (χ4v) is 6.59. The molecule has 0 bridgehead atoms. The van der Waals surface area contributed by atoms with Crippen LogP contribution >= 0.6 is 11.3 Å². The van der Waals surface area contributed by atoms with Gasteiger partial charge in [0, 0.05) is 42.7 Å². The first-order valence-electron chi connectivity index (χ1n) is 13.6. The van der Waals surface area contributed by atoms with Crippen LogP contribution in [0.5, 0.6) is 0 Å². The van der Waals surface area contributed by atoms with E-state index < -0.39 is 0 Å². The van der Waals surface area contributed by atoms with E-state index in [0.29, 0.717) is 26.2 Å². The van der Waals surface area contributed by atoms with Crippen LogP contribution in [0.1, 0.15) is 64.7 Å². The van der Waals surface area contributed by atoms with E-state index in [2.05, 4.69) is 66.6 Å². The maximum absolute atomic E-state index is 13.5. The summed E-state index contributed by atoms with van der Waals surface area (Å²) in [5.41, 5.74) is 4.58. The Balaban J connectivity index is 1.22. The third-order valence-corrected chi connectivity index (χ3v) is 8.78. The molecule has 3 heterocycles. The van der Waals surface area contributed by atoms with Crippen LogP contribution in [-0.4, -0.2) is 65.3 Å². The van der Waals surface area contributed by atoms with Crippen molar-refractivity contribution in [2.24, 2.45) is 0 Å². The van der Waals surface area contributed by atoms with Crippen molar-refractivity contribution in [2.45, 2.75) is 51.6 Å². The lowest BCUT2D eigenvalue weighted by molar-refractivity contribution is -0.135. The molecule has 6 heteroatoms. The fourth-order valence-electron chi connectivity index (χ4n) is 5.68. The van der Waals surface area contributed by atoms with E-state index in [1.165, 1.54) is 28.0 Å². The second kappa shape index (κ2) is 11.6. The van der Waals surface area contributed by atoms with Gasteiger partial charge in [-0.1, -0.05) is 55.8 Å². The number of carbonyl (C=O) groups excluding carboxylic acids is 2. The molecule has 0 aliphatic carbocycles. The van der Waals surface area contributed by atoms with Gasteiger partial charge in [-0.05, 0) is 66.5 Å². The standard InChI is InChI=1S/C31H37N3O2S/c1-3-4-8-24-11-13-26(14-12-24)31(36)34-19-18-32(21-23(34)2)29(35)22-33-17-15-28-27(16-20-37-28)30(33)25-9-6-5-7-10-25/h5-7,9-14,16,20,23,30H,3-4,8,15,17-19,21-22H2,1-2H3. The Hall–Kier alpha value is -2.96. The van der Waals surface area contributed by atoms with Gasteiger partial charge < -0.3 is 9.80 Å². The Labute approximate surface area is 224 Å². The van der Waals surface area contributed by atoms with Gasteiger partial charge in [-0.25, -0.2) is 0 Å². The molecule has 0 radical (unpaired) electrons. The van der Waals surface area contributed by atoms with Crippen LogP contribution in [0.3, 0.4) is 0 Å². The van der Waals surface area contributed by atoms with Crippen molar-refractivity contribution < 1.29 is 9.59 Å². The van der Waals surface area contributed by atoms with E-state index in [1.54, 1.807) is 0 Å². The quantitative estimate of drug-likeness (QED) is 0.423. The molecule has 2 unspecified atom stereocenters. The molecule has 0 saturated carbocycles. The van der Waals surface area contributed by atoms with Crippen LogP contribution in [0.15, 0.2) is 66.0 Å². The van der Waals surface area contributed by atoms with E-state index in [9.17, 15) is 9.59 Å². The largest absolute Gasteiger partial charge is 0.338 e. The minimum Gasteiger partial charge on any atom is -0.338 e. The summed E-state index contributed by atoms with van der Waals surface area (Å²) < 4.78 is 0. The molecule has 2 aliphatic rings. The summed E-state index contributed by atoms with van der Waals surface area (Å²) in [6, 6.07) is 20.9. The molecule has 2 atom stereocenters. The van der Waals surface area contributed by atoms with E-state index in [4.69, 9.17) is 0 Å². The molecule has 5 rings (SSSR count). The summed E-state index contributed by atoms with van der Waals surface area (Å²) >= 11 is 1.82. The SMILES string of the molecule is CCCCc1ccc(C(=O)N2CCN(C(=O)CN3CCc4sccc4C3c3ccccc3)CC2C)cc1. The summed E-state index contributed by atoms with van der Waals surface area (Å²) in [4.78, 5) is 34.4. The monoisotopic (exact) mass is 515 g/mol. The number of benzene rings is 2. The molecule has 2 aromatic carbocycles. The van der Waals surface area contributed by atoms with Gasteiger partial charge in [-0.15, -0.1) is 11.3 Å². The summed E-state index contributed by atoms with van der Waals surface area (Å²) in [6.07, 6.45) is 4.37. The van der Waals surface area contributed by atoms with Crippen molar-refractivity contribution in [3.8, 4) is 0 Å². The number of hydrogen-bond acceptors (Lipinski definition) is 4. The highest BCUT2D eigenvalue weighted by molar-refractivity contribution is 7.10. The van der Waals surface area contributed by atoms with Gasteiger partial charge in [0.1, 0.15) is 0 Å². The maximum atomic E-state index is 13.5. The number of carbonyl (C=O) groups is 2. The summed E-state index contributed by atoms with van der Waals surface area (Å²) in [7, 11) is 0. The Morgan fingerprint density at radius 1 is 0.973 bits per heavy atom. The lowest BCUT2D eigenvalue weighted by Crippen LogP contribution is -2.57. The van der Waals surface area contributed by atoms with Crippen LogP contribution in [0, 0.1) is 0 Å². The van der Waals surface area contributed by atoms with E-state index >= 15 is 0 Å². The number of nitrogens with zero attached hydrogens (tertiary/aromatic N) is 3. The summed E-state index contributed by atoms with van der Waals surface area (Å²) in [5, 5.41) is 2.17. The smallest absolute Gasteiger partial charge is 0.254 e. The third-order valence-electron chi connectivity index (χ3n) is 7.78. The highest BCUT2D eigenvalue weighted by atomic mass is 32.1.